The lowest BCUT2D eigenvalue weighted by molar-refractivity contribution is 0.306. The van der Waals surface area contributed by atoms with Crippen molar-refractivity contribution in [3.63, 3.8) is 0 Å². The molecule has 2 N–H and O–H groups in total. The average molecular weight is 688 g/mol. The summed E-state index contributed by atoms with van der Waals surface area (Å²) in [6.45, 7) is 2.14. The third-order valence-electron chi connectivity index (χ3n) is 7.09. The van der Waals surface area contributed by atoms with Gasteiger partial charge >= 0.3 is 0 Å². The second kappa shape index (κ2) is 14.7. The molecule has 0 bridgehead atoms. The number of pyridine rings is 2. The maximum atomic E-state index is 13.5. The Labute approximate surface area is 280 Å². The second-order valence-corrected chi connectivity index (χ2v) is 12.6. The Morgan fingerprint density at radius 2 is 1.91 bits per heavy atom. The van der Waals surface area contributed by atoms with Gasteiger partial charge in [-0.05, 0) is 60.5 Å². The minimum absolute atomic E-state index is 0.148. The van der Waals surface area contributed by atoms with Crippen LogP contribution in [0.5, 0.6) is 5.75 Å². The molecule has 14 heteroatoms. The lowest BCUT2D eigenvalue weighted by Gasteiger charge is -2.14. The quantitative estimate of drug-likeness (QED) is 0.138. The number of hydrogen-bond donors (Lipinski definition) is 2. The average Bonchev–Trinajstić information content (AvgIpc) is 3.57. The summed E-state index contributed by atoms with van der Waals surface area (Å²) in [7, 11) is -2.45. The Morgan fingerprint density at radius 1 is 1.02 bits per heavy atom. The fourth-order valence-electron chi connectivity index (χ4n) is 4.74. The summed E-state index contributed by atoms with van der Waals surface area (Å²) in [6, 6.07) is 18.4. The van der Waals surface area contributed by atoms with Gasteiger partial charge in [-0.2, -0.15) is 8.42 Å². The molecule has 6 rings (SSSR count). The Balaban J connectivity index is 1.19. The zero-order chi connectivity index (χ0) is 32.8. The fraction of sp³-hybridized carbons (Fsp3) is 0.152. The molecule has 0 saturated carbocycles. The monoisotopic (exact) mass is 687 g/mol. The molecule has 0 aliphatic heterocycles. The predicted molar refractivity (Wildman–Crippen MR) is 182 cm³/mol. The van der Waals surface area contributed by atoms with E-state index in [2.05, 4.69) is 30.6 Å². The number of rotatable bonds is 11. The molecule has 1 atom stereocenters. The van der Waals surface area contributed by atoms with Gasteiger partial charge in [-0.1, -0.05) is 36.7 Å². The molecule has 1 unspecified atom stereocenters. The first kappa shape index (κ1) is 32.1. The molecule has 6 aromatic rings. The molecule has 2 aromatic carbocycles. The van der Waals surface area contributed by atoms with Crippen molar-refractivity contribution >= 4 is 60.6 Å². The molecule has 47 heavy (non-hydrogen) atoms. The number of thiazole rings is 1. The Kier molecular flexibility index (Phi) is 10.1. The Hall–Kier alpha value is -4.82. The second-order valence-electron chi connectivity index (χ2n) is 10.3. The smallest absolute Gasteiger partial charge is 0.228 e. The van der Waals surface area contributed by atoms with E-state index in [9.17, 15) is 12.8 Å². The van der Waals surface area contributed by atoms with Crippen LogP contribution in [0.25, 0.3) is 22.3 Å². The van der Waals surface area contributed by atoms with Gasteiger partial charge in [0.05, 0.1) is 34.2 Å². The zero-order valence-electron chi connectivity index (χ0n) is 24.9. The first-order valence-corrected chi connectivity index (χ1v) is 16.8. The van der Waals surface area contributed by atoms with Crippen LogP contribution in [0.3, 0.4) is 0 Å². The summed E-state index contributed by atoms with van der Waals surface area (Å²) in [5.74, 6) is 0.671. The number of anilines is 2. The van der Waals surface area contributed by atoms with E-state index in [1.165, 1.54) is 29.8 Å². The van der Waals surface area contributed by atoms with Crippen molar-refractivity contribution in [1.29, 1.82) is 0 Å². The molecule has 4 heterocycles. The van der Waals surface area contributed by atoms with Crippen molar-refractivity contribution in [2.24, 2.45) is 0 Å². The van der Waals surface area contributed by atoms with E-state index in [0.717, 1.165) is 5.01 Å². The normalized spacial score (nSPS) is 11.7. The number of hydrogen-bond acceptors (Lipinski definition) is 10. The maximum Gasteiger partial charge on any atom is 0.228 e. The number of fused-ring (bicyclic) bond motifs is 1. The third-order valence-corrected chi connectivity index (χ3v) is 9.01. The molecule has 0 saturated heterocycles. The van der Waals surface area contributed by atoms with Gasteiger partial charge < -0.3 is 10.1 Å². The number of halogens is 2. The highest BCUT2D eigenvalue weighted by Gasteiger charge is 2.19. The summed E-state index contributed by atoms with van der Waals surface area (Å²) in [5.41, 5.74) is 3.89. The highest BCUT2D eigenvalue weighted by molar-refractivity contribution is 7.72. The van der Waals surface area contributed by atoms with Gasteiger partial charge in [0.1, 0.15) is 40.3 Å². The highest BCUT2D eigenvalue weighted by Crippen LogP contribution is 2.33. The van der Waals surface area contributed by atoms with Crippen molar-refractivity contribution in [3.05, 3.63) is 118 Å². The van der Waals surface area contributed by atoms with Crippen LogP contribution in [-0.4, -0.2) is 38.3 Å². The molecule has 0 spiro atoms. The standard InChI is InChI=1S/C33H27ClFN7O3S2/c1-2-26(41-31(47(43)44)14-22-8-3-4-11-36-22)33-42-29(18-46-33)27-15-24-28(16-37-27)38-19-39-32(24)40-23-9-10-30(25(34)13-23)45-17-20-6-5-7-21(35)12-20/h3-13,15-16,18-19,26,41H,2,14,17H2,1H3,(H,38,39,40). The van der Waals surface area contributed by atoms with Gasteiger partial charge in [0.15, 0.2) is 0 Å². The zero-order valence-corrected chi connectivity index (χ0v) is 27.3. The maximum absolute atomic E-state index is 13.5. The lowest BCUT2D eigenvalue weighted by Crippen LogP contribution is -2.30. The first-order chi connectivity index (χ1) is 22.9. The summed E-state index contributed by atoms with van der Waals surface area (Å²) in [5, 5.41) is 10.2. The Morgan fingerprint density at radius 3 is 2.68 bits per heavy atom. The van der Waals surface area contributed by atoms with Crippen LogP contribution in [0.2, 0.25) is 5.02 Å². The van der Waals surface area contributed by atoms with Crippen molar-refractivity contribution in [1.82, 2.24) is 30.2 Å². The number of aromatic nitrogens is 5. The van der Waals surface area contributed by atoms with Gasteiger partial charge in [0, 0.05) is 34.8 Å². The number of nitrogens with zero attached hydrogens (tertiary/aromatic N) is 5. The van der Waals surface area contributed by atoms with Crippen LogP contribution in [0.15, 0.2) is 90.8 Å². The minimum Gasteiger partial charge on any atom is -0.487 e. The van der Waals surface area contributed by atoms with Crippen molar-refractivity contribution in [2.45, 2.75) is 32.4 Å². The van der Waals surface area contributed by atoms with E-state index in [0.29, 0.717) is 62.2 Å². The molecule has 0 amide bonds. The molecule has 0 radical (unpaired) electrons. The van der Waals surface area contributed by atoms with Crippen LogP contribution in [0.4, 0.5) is 15.9 Å². The van der Waals surface area contributed by atoms with Gasteiger partial charge in [-0.25, -0.2) is 19.3 Å². The summed E-state index contributed by atoms with van der Waals surface area (Å²) >= 11 is 7.93. The molecule has 0 aliphatic rings. The number of ether oxygens (including phenoxy) is 1. The molecule has 238 valence electrons. The third kappa shape index (κ3) is 7.95. The van der Waals surface area contributed by atoms with E-state index in [-0.39, 0.29) is 29.9 Å². The van der Waals surface area contributed by atoms with Crippen LogP contribution >= 0.6 is 22.9 Å². The van der Waals surface area contributed by atoms with Gasteiger partial charge in [-0.15, -0.1) is 11.3 Å². The van der Waals surface area contributed by atoms with Crippen LogP contribution < -0.4 is 15.4 Å². The minimum atomic E-state index is -2.45. The molecular formula is C33H27ClFN7O3S2. The fourth-order valence-corrected chi connectivity index (χ4v) is 6.43. The first-order valence-electron chi connectivity index (χ1n) is 14.5. The largest absolute Gasteiger partial charge is 0.487 e. The van der Waals surface area contributed by atoms with Crippen molar-refractivity contribution < 1.29 is 17.5 Å². The SMILES string of the molecule is CCC(NC(Cc1ccccn1)=S(=O)=O)c1nc(-c2cc3c(Nc4ccc(OCc5cccc(F)c5)c(Cl)c4)ncnc3cn2)cs1. The number of benzene rings is 2. The molecule has 0 fully saturated rings. The molecular weight excluding hydrogens is 661 g/mol. The summed E-state index contributed by atoms with van der Waals surface area (Å²) < 4.78 is 43.4. The van der Waals surface area contributed by atoms with Crippen LogP contribution in [-0.2, 0) is 23.3 Å². The van der Waals surface area contributed by atoms with Crippen LogP contribution in [0.1, 0.15) is 35.7 Å². The predicted octanol–water partition coefficient (Wildman–Crippen LogP) is 6.95. The Bertz CT molecular complexity index is 2170. The van der Waals surface area contributed by atoms with Gasteiger partial charge in [0.2, 0.25) is 10.3 Å². The van der Waals surface area contributed by atoms with E-state index >= 15 is 0 Å². The number of nitrogens with one attached hydrogen (secondary N) is 2. The lowest BCUT2D eigenvalue weighted by atomic mass is 10.2. The van der Waals surface area contributed by atoms with Gasteiger partial charge in [-0.3, -0.25) is 15.3 Å². The van der Waals surface area contributed by atoms with Crippen molar-refractivity contribution in [3.8, 4) is 17.1 Å². The summed E-state index contributed by atoms with van der Waals surface area (Å²) in [6.07, 6.45) is 5.50. The van der Waals surface area contributed by atoms with Crippen LogP contribution in [0, 0.1) is 5.82 Å². The summed E-state index contributed by atoms with van der Waals surface area (Å²) in [4.78, 5) is 22.6. The molecule has 10 nitrogen and oxygen atoms in total. The van der Waals surface area contributed by atoms with E-state index in [4.69, 9.17) is 21.3 Å². The highest BCUT2D eigenvalue weighted by atomic mass is 35.5. The van der Waals surface area contributed by atoms with Gasteiger partial charge in [0.25, 0.3) is 0 Å². The molecule has 4 aromatic heterocycles. The topological polar surface area (TPSA) is 132 Å². The van der Waals surface area contributed by atoms with E-state index < -0.39 is 10.3 Å². The molecule has 0 aliphatic carbocycles. The van der Waals surface area contributed by atoms with E-state index in [1.807, 2.05) is 30.5 Å². The van der Waals surface area contributed by atoms with E-state index in [1.54, 1.807) is 48.8 Å². The van der Waals surface area contributed by atoms with Crippen molar-refractivity contribution in [2.75, 3.05) is 5.32 Å².